The van der Waals surface area contributed by atoms with Crippen molar-refractivity contribution in [2.24, 2.45) is 0 Å². The van der Waals surface area contributed by atoms with Crippen molar-refractivity contribution in [2.75, 3.05) is 0 Å². The van der Waals surface area contributed by atoms with Crippen molar-refractivity contribution in [3.05, 3.63) is 55.0 Å². The fourth-order valence-electron chi connectivity index (χ4n) is 4.48. The first kappa shape index (κ1) is 23.8. The number of rotatable bonds is 2. The van der Waals surface area contributed by atoms with Crippen LogP contribution in [0.2, 0.25) is 0 Å². The Balaban J connectivity index is 1.46. The Morgan fingerprint density at radius 3 is 1.29 bits per heavy atom. The second-order valence-corrected chi connectivity index (χ2v) is 13.8. The third-order valence-electron chi connectivity index (χ3n) is 7.95. The number of hydrogen-bond donors (Lipinski definition) is 0. The molecule has 0 atom stereocenters. The Morgan fingerprint density at radius 2 is 1.00 bits per heavy atom. The van der Waals surface area contributed by atoms with Gasteiger partial charge in [-0.05, 0) is 76.7 Å². The molecule has 0 unspecified atom stereocenters. The van der Waals surface area contributed by atoms with Crippen LogP contribution in [0.5, 0.6) is 0 Å². The molecular formula is C24H26B2N2O4Si2. The van der Waals surface area contributed by atoms with E-state index in [9.17, 15) is 10.5 Å². The predicted molar refractivity (Wildman–Crippen MR) is 132 cm³/mol. The molecule has 0 aromatic rings. The largest absolute Gasteiger partial charge is 0.486 e. The van der Waals surface area contributed by atoms with E-state index in [0.29, 0.717) is 24.6 Å². The summed E-state index contributed by atoms with van der Waals surface area (Å²) in [6.07, 6.45) is 4.15. The average molecular weight is 484 g/mol. The van der Waals surface area contributed by atoms with E-state index in [0.717, 1.165) is 21.3 Å². The topological polar surface area (TPSA) is 84.5 Å². The molecule has 5 aliphatic rings. The molecule has 4 radical (unpaired) electrons. The molecule has 0 aromatic carbocycles. The molecule has 0 N–H and O–H groups in total. The molecule has 0 spiro atoms. The molecule has 6 nitrogen and oxygen atoms in total. The smallest absolute Gasteiger partial charge is 0.400 e. The Morgan fingerprint density at radius 1 is 0.676 bits per heavy atom. The quantitative estimate of drug-likeness (QED) is 0.442. The third kappa shape index (κ3) is 3.28. The maximum atomic E-state index is 9.74. The van der Waals surface area contributed by atoms with E-state index in [1.807, 2.05) is 55.4 Å². The second kappa shape index (κ2) is 7.30. The van der Waals surface area contributed by atoms with Gasteiger partial charge in [0.2, 0.25) is 0 Å². The SMILES string of the molecule is CC1(C)OB(C2=CC3=C([Si]2)C2=C(C=C(B4OC(C)(C)C(C)(C)O4)[Si]2)C3=C(C#N)C#N)OC1(C)C. The molecular weight excluding hydrogens is 458 g/mol. The Hall–Kier alpha value is -1.92. The first-order chi connectivity index (χ1) is 15.7. The molecule has 0 aromatic heterocycles. The second-order valence-electron chi connectivity index (χ2n) is 11.2. The van der Waals surface area contributed by atoms with Crippen LogP contribution in [-0.4, -0.2) is 55.7 Å². The van der Waals surface area contributed by atoms with Crippen LogP contribution in [0.4, 0.5) is 0 Å². The number of allylic oxidation sites excluding steroid dienone is 8. The van der Waals surface area contributed by atoms with Gasteiger partial charge in [-0.1, -0.05) is 22.5 Å². The summed E-state index contributed by atoms with van der Waals surface area (Å²) in [4.78, 5) is 0. The van der Waals surface area contributed by atoms with Crippen LogP contribution < -0.4 is 0 Å². The summed E-state index contributed by atoms with van der Waals surface area (Å²) in [5, 5.41) is 24.0. The molecule has 170 valence electrons. The van der Waals surface area contributed by atoms with E-state index in [1.54, 1.807) is 0 Å². The van der Waals surface area contributed by atoms with Crippen LogP contribution in [0.3, 0.4) is 0 Å². The van der Waals surface area contributed by atoms with E-state index in [-0.39, 0.29) is 5.57 Å². The molecule has 4 heterocycles. The lowest BCUT2D eigenvalue weighted by atomic mass is 9.85. The minimum absolute atomic E-state index is 0.130. The molecule has 4 aliphatic heterocycles. The number of nitrogens with zero attached hydrogens (tertiary/aromatic N) is 2. The van der Waals surface area contributed by atoms with Gasteiger partial charge in [-0.2, -0.15) is 10.5 Å². The molecule has 0 amide bonds. The zero-order chi connectivity index (χ0) is 24.8. The monoisotopic (exact) mass is 484 g/mol. The molecule has 34 heavy (non-hydrogen) atoms. The molecule has 0 bridgehead atoms. The van der Waals surface area contributed by atoms with Crippen molar-refractivity contribution in [1.82, 2.24) is 0 Å². The molecule has 10 heteroatoms. The van der Waals surface area contributed by atoms with E-state index in [2.05, 4.69) is 24.3 Å². The van der Waals surface area contributed by atoms with Crippen molar-refractivity contribution < 1.29 is 18.6 Å². The van der Waals surface area contributed by atoms with Gasteiger partial charge in [0, 0.05) is 5.57 Å². The third-order valence-corrected chi connectivity index (χ3v) is 11.1. The highest BCUT2D eigenvalue weighted by Gasteiger charge is 2.55. The first-order valence-corrected chi connectivity index (χ1v) is 13.4. The van der Waals surface area contributed by atoms with E-state index < -0.39 is 36.6 Å². The fourth-order valence-corrected chi connectivity index (χ4v) is 7.52. The Kier molecular flexibility index (Phi) is 5.11. The van der Waals surface area contributed by atoms with Gasteiger partial charge >= 0.3 is 14.2 Å². The number of nitriles is 2. The van der Waals surface area contributed by atoms with Crippen LogP contribution in [0, 0.1) is 22.7 Å². The predicted octanol–water partition coefficient (Wildman–Crippen LogP) is 3.32. The van der Waals surface area contributed by atoms with E-state index in [1.165, 1.54) is 10.4 Å². The Labute approximate surface area is 207 Å². The normalized spacial score (nSPS) is 27.5. The highest BCUT2D eigenvalue weighted by Crippen LogP contribution is 2.49. The van der Waals surface area contributed by atoms with Gasteiger partial charge in [0.25, 0.3) is 0 Å². The maximum absolute atomic E-state index is 9.74. The lowest BCUT2D eigenvalue weighted by Crippen LogP contribution is -2.41. The molecule has 2 saturated heterocycles. The van der Waals surface area contributed by atoms with Crippen molar-refractivity contribution in [3.63, 3.8) is 0 Å². The summed E-state index contributed by atoms with van der Waals surface area (Å²) in [7, 11) is -0.148. The Bertz CT molecular complexity index is 1130. The standard InChI is InChI=1S/C24H26B2N2O4Si2/c1-21(2)22(3,4)30-25(29-21)16-9-14-18(13(11-27)12-28)15-10-17(34-20(15)19(14)33-16)26-31-23(5,6)24(7,8)32-26/h9-10H,1-8H3. The minimum atomic E-state index is -0.438. The molecule has 0 saturated carbocycles. The summed E-state index contributed by atoms with van der Waals surface area (Å²) >= 11 is 0. The van der Waals surface area contributed by atoms with Crippen molar-refractivity contribution in [2.45, 2.75) is 77.8 Å². The number of fused-ring (bicyclic) bond motifs is 1. The highest BCUT2D eigenvalue weighted by atomic mass is 28.2. The van der Waals surface area contributed by atoms with Gasteiger partial charge in [0.15, 0.2) is 0 Å². The summed E-state index contributed by atoms with van der Waals surface area (Å²) in [5.74, 6) is 0. The molecule has 5 rings (SSSR count). The summed E-state index contributed by atoms with van der Waals surface area (Å²) < 4.78 is 25.2. The zero-order valence-electron chi connectivity index (χ0n) is 20.8. The van der Waals surface area contributed by atoms with Gasteiger partial charge in [-0.3, -0.25) is 0 Å². The van der Waals surface area contributed by atoms with Gasteiger partial charge in [-0.25, -0.2) is 0 Å². The van der Waals surface area contributed by atoms with E-state index in [4.69, 9.17) is 18.6 Å². The summed E-state index contributed by atoms with van der Waals surface area (Å²) in [5.41, 5.74) is 1.06. The summed E-state index contributed by atoms with van der Waals surface area (Å²) in [6.45, 7) is 16.3. The summed E-state index contributed by atoms with van der Waals surface area (Å²) in [6, 6.07) is 4.23. The average Bonchev–Trinajstić information content (AvgIpc) is 3.45. The fraction of sp³-hybridized carbons (Fsp3) is 0.500. The maximum Gasteiger partial charge on any atom is 0.486 e. The molecule has 2 fully saturated rings. The van der Waals surface area contributed by atoms with Gasteiger partial charge in [-0.15, -0.1) is 0 Å². The van der Waals surface area contributed by atoms with Crippen LogP contribution >= 0.6 is 0 Å². The number of hydrogen-bond acceptors (Lipinski definition) is 6. The van der Waals surface area contributed by atoms with Gasteiger partial charge in [0.1, 0.15) is 36.8 Å². The highest BCUT2D eigenvalue weighted by molar-refractivity contribution is 6.85. The van der Waals surface area contributed by atoms with E-state index >= 15 is 0 Å². The van der Waals surface area contributed by atoms with Gasteiger partial charge < -0.3 is 18.6 Å². The zero-order valence-corrected chi connectivity index (χ0v) is 22.8. The van der Waals surface area contributed by atoms with Crippen LogP contribution in [0.25, 0.3) is 0 Å². The van der Waals surface area contributed by atoms with Crippen molar-refractivity contribution >= 4 is 33.3 Å². The first-order valence-electron chi connectivity index (χ1n) is 11.4. The van der Waals surface area contributed by atoms with Crippen molar-refractivity contribution in [3.8, 4) is 12.1 Å². The minimum Gasteiger partial charge on any atom is -0.400 e. The van der Waals surface area contributed by atoms with Crippen LogP contribution in [-0.2, 0) is 18.6 Å². The van der Waals surface area contributed by atoms with Gasteiger partial charge in [0.05, 0.1) is 22.4 Å². The lowest BCUT2D eigenvalue weighted by Gasteiger charge is -2.32. The van der Waals surface area contributed by atoms with Crippen LogP contribution in [0.15, 0.2) is 55.0 Å². The lowest BCUT2D eigenvalue weighted by molar-refractivity contribution is 0.00578. The van der Waals surface area contributed by atoms with Crippen molar-refractivity contribution in [1.29, 1.82) is 10.5 Å². The van der Waals surface area contributed by atoms with Crippen LogP contribution in [0.1, 0.15) is 55.4 Å². The molecule has 1 aliphatic carbocycles.